The van der Waals surface area contributed by atoms with Crippen LogP contribution in [0.1, 0.15) is 35.7 Å². The lowest BCUT2D eigenvalue weighted by Crippen LogP contribution is -2.14. The smallest absolute Gasteiger partial charge is 0.304 e. The van der Waals surface area contributed by atoms with E-state index in [1.54, 1.807) is 0 Å². The number of benzene rings is 2. The van der Waals surface area contributed by atoms with Crippen LogP contribution in [-0.2, 0) is 14.8 Å². The first-order valence-corrected chi connectivity index (χ1v) is 9.69. The third kappa shape index (κ3) is 5.84. The predicted octanol–water partition coefficient (Wildman–Crippen LogP) is 3.56. The SMILES string of the molecule is CC(=O)c1ccc(S(=O)(=O)Nc2ccc(Cl)cc2C#CCCC(=O)O)cc1. The number of ketones is 1. The molecule has 0 amide bonds. The van der Waals surface area contributed by atoms with Crippen LogP contribution in [0.15, 0.2) is 47.4 Å². The molecule has 6 nitrogen and oxygen atoms in total. The molecular formula is C19H16ClNO5S. The summed E-state index contributed by atoms with van der Waals surface area (Å²) in [5, 5.41) is 9.01. The minimum Gasteiger partial charge on any atom is -0.481 e. The molecule has 2 rings (SSSR count). The number of carbonyl (C=O) groups excluding carboxylic acids is 1. The van der Waals surface area contributed by atoms with Gasteiger partial charge in [0, 0.05) is 17.0 Å². The Morgan fingerprint density at radius 3 is 2.41 bits per heavy atom. The number of nitrogens with one attached hydrogen (secondary N) is 1. The van der Waals surface area contributed by atoms with Gasteiger partial charge in [-0.1, -0.05) is 35.6 Å². The Balaban J connectivity index is 2.29. The summed E-state index contributed by atoms with van der Waals surface area (Å²) in [4.78, 5) is 21.8. The number of hydrogen-bond donors (Lipinski definition) is 2. The molecule has 140 valence electrons. The lowest BCUT2D eigenvalue weighted by atomic mass is 10.2. The highest BCUT2D eigenvalue weighted by molar-refractivity contribution is 7.92. The number of Topliss-reactive ketones (excluding diaryl/α,β-unsaturated/α-hetero) is 1. The van der Waals surface area contributed by atoms with Gasteiger partial charge in [-0.05, 0) is 37.3 Å². The Bertz CT molecular complexity index is 1030. The number of anilines is 1. The molecule has 0 saturated heterocycles. The predicted molar refractivity (Wildman–Crippen MR) is 102 cm³/mol. The van der Waals surface area contributed by atoms with Gasteiger partial charge in [-0.2, -0.15) is 0 Å². The number of sulfonamides is 1. The summed E-state index contributed by atoms with van der Waals surface area (Å²) in [5.74, 6) is 4.29. The van der Waals surface area contributed by atoms with Crippen molar-refractivity contribution in [1.29, 1.82) is 0 Å². The van der Waals surface area contributed by atoms with E-state index in [2.05, 4.69) is 16.6 Å². The highest BCUT2D eigenvalue weighted by Crippen LogP contribution is 2.23. The average molecular weight is 406 g/mol. The first-order chi connectivity index (χ1) is 12.7. The molecule has 0 heterocycles. The number of hydrogen-bond acceptors (Lipinski definition) is 4. The zero-order valence-corrected chi connectivity index (χ0v) is 15.9. The molecule has 0 bridgehead atoms. The van der Waals surface area contributed by atoms with Gasteiger partial charge in [-0.3, -0.25) is 14.3 Å². The van der Waals surface area contributed by atoms with E-state index in [0.29, 0.717) is 16.1 Å². The molecular weight excluding hydrogens is 390 g/mol. The Hall–Kier alpha value is -2.82. The maximum Gasteiger partial charge on any atom is 0.304 e. The van der Waals surface area contributed by atoms with Crippen molar-refractivity contribution in [2.75, 3.05) is 4.72 Å². The summed E-state index contributed by atoms with van der Waals surface area (Å²) in [7, 11) is -3.90. The van der Waals surface area contributed by atoms with E-state index in [4.69, 9.17) is 16.7 Å². The average Bonchev–Trinajstić information content (AvgIpc) is 2.60. The molecule has 0 atom stereocenters. The van der Waals surface area contributed by atoms with E-state index in [1.807, 2.05) is 0 Å². The van der Waals surface area contributed by atoms with Gasteiger partial charge >= 0.3 is 5.97 Å². The molecule has 27 heavy (non-hydrogen) atoms. The molecule has 0 aliphatic rings. The highest BCUT2D eigenvalue weighted by Gasteiger charge is 2.16. The molecule has 0 radical (unpaired) electrons. The summed E-state index contributed by atoms with van der Waals surface area (Å²) in [6, 6.07) is 10.0. The molecule has 2 aromatic rings. The minimum atomic E-state index is -3.90. The van der Waals surface area contributed by atoms with Crippen LogP contribution in [-0.4, -0.2) is 25.3 Å². The third-order valence-corrected chi connectivity index (χ3v) is 5.10. The third-order valence-electron chi connectivity index (χ3n) is 3.48. The number of rotatable bonds is 6. The van der Waals surface area contributed by atoms with Crippen molar-refractivity contribution in [2.24, 2.45) is 0 Å². The Kier molecular flexibility index (Phi) is 6.61. The molecule has 0 spiro atoms. The van der Waals surface area contributed by atoms with Crippen LogP contribution in [0.4, 0.5) is 5.69 Å². The second kappa shape index (κ2) is 8.71. The quantitative estimate of drug-likeness (QED) is 0.565. The monoisotopic (exact) mass is 405 g/mol. The van der Waals surface area contributed by atoms with Crippen molar-refractivity contribution in [3.8, 4) is 11.8 Å². The fraction of sp³-hybridized carbons (Fsp3) is 0.158. The van der Waals surface area contributed by atoms with Gasteiger partial charge in [0.1, 0.15) is 0 Å². The molecule has 8 heteroatoms. The standard InChI is InChI=1S/C19H16ClNO5S/c1-13(22)14-6-9-17(10-7-14)27(25,26)21-18-11-8-16(20)12-15(18)4-2-3-5-19(23)24/h6-12,21H,3,5H2,1H3,(H,23,24). The lowest BCUT2D eigenvalue weighted by molar-refractivity contribution is -0.136. The van der Waals surface area contributed by atoms with Crippen LogP contribution in [0.3, 0.4) is 0 Å². The Morgan fingerprint density at radius 1 is 1.15 bits per heavy atom. The van der Waals surface area contributed by atoms with E-state index in [1.165, 1.54) is 49.4 Å². The lowest BCUT2D eigenvalue weighted by Gasteiger charge is -2.10. The van der Waals surface area contributed by atoms with Crippen LogP contribution in [0, 0.1) is 11.8 Å². The number of carboxylic acid groups (broad SMARTS) is 1. The van der Waals surface area contributed by atoms with Crippen molar-refractivity contribution in [3.63, 3.8) is 0 Å². The van der Waals surface area contributed by atoms with Crippen molar-refractivity contribution < 1.29 is 23.1 Å². The number of aliphatic carboxylic acids is 1. The normalized spacial score (nSPS) is 10.6. The van der Waals surface area contributed by atoms with Crippen LogP contribution >= 0.6 is 11.6 Å². The molecule has 0 saturated carbocycles. The second-order valence-corrected chi connectivity index (χ2v) is 7.69. The molecule has 0 fully saturated rings. The zero-order chi connectivity index (χ0) is 20.0. The highest BCUT2D eigenvalue weighted by atomic mass is 35.5. The summed E-state index contributed by atoms with van der Waals surface area (Å²) in [6.07, 6.45) is 0.0116. The molecule has 0 aliphatic carbocycles. The van der Waals surface area contributed by atoms with E-state index >= 15 is 0 Å². The summed E-state index contributed by atoms with van der Waals surface area (Å²) in [6.45, 7) is 1.39. The van der Waals surface area contributed by atoms with Crippen LogP contribution < -0.4 is 4.72 Å². The van der Waals surface area contributed by atoms with Crippen LogP contribution in [0.25, 0.3) is 0 Å². The van der Waals surface area contributed by atoms with Gasteiger partial charge in [0.15, 0.2) is 5.78 Å². The molecule has 2 N–H and O–H groups in total. The number of carboxylic acids is 1. The molecule has 2 aromatic carbocycles. The molecule has 0 aromatic heterocycles. The van der Waals surface area contributed by atoms with Gasteiger partial charge < -0.3 is 5.11 Å². The second-order valence-electron chi connectivity index (χ2n) is 5.57. The van der Waals surface area contributed by atoms with Gasteiger partial charge in [0.2, 0.25) is 0 Å². The maximum absolute atomic E-state index is 12.6. The minimum absolute atomic E-state index is 0.00719. The Morgan fingerprint density at radius 2 is 1.81 bits per heavy atom. The van der Waals surface area contributed by atoms with Gasteiger partial charge in [-0.25, -0.2) is 8.42 Å². The largest absolute Gasteiger partial charge is 0.481 e. The van der Waals surface area contributed by atoms with Gasteiger partial charge in [0.25, 0.3) is 10.0 Å². The molecule has 0 unspecified atom stereocenters. The fourth-order valence-electron chi connectivity index (χ4n) is 2.11. The summed E-state index contributed by atoms with van der Waals surface area (Å²) >= 11 is 5.94. The summed E-state index contributed by atoms with van der Waals surface area (Å²) < 4.78 is 27.6. The fourth-order valence-corrected chi connectivity index (χ4v) is 3.36. The number of carbonyl (C=O) groups is 2. The molecule has 0 aliphatic heterocycles. The van der Waals surface area contributed by atoms with Crippen molar-refractivity contribution in [2.45, 2.75) is 24.7 Å². The van der Waals surface area contributed by atoms with Crippen LogP contribution in [0.2, 0.25) is 5.02 Å². The van der Waals surface area contributed by atoms with Crippen LogP contribution in [0.5, 0.6) is 0 Å². The van der Waals surface area contributed by atoms with Gasteiger partial charge in [0.05, 0.1) is 22.6 Å². The first kappa shape index (κ1) is 20.5. The van der Waals surface area contributed by atoms with E-state index in [9.17, 15) is 18.0 Å². The summed E-state index contributed by atoms with van der Waals surface area (Å²) in [5.41, 5.74) is 0.958. The Labute approximate surface area is 162 Å². The number of halogens is 1. The van der Waals surface area contributed by atoms with Gasteiger partial charge in [-0.15, -0.1) is 0 Å². The van der Waals surface area contributed by atoms with Crippen molar-refractivity contribution in [1.82, 2.24) is 0 Å². The topological polar surface area (TPSA) is 101 Å². The first-order valence-electron chi connectivity index (χ1n) is 7.83. The van der Waals surface area contributed by atoms with E-state index < -0.39 is 16.0 Å². The van der Waals surface area contributed by atoms with E-state index in [-0.39, 0.29) is 29.2 Å². The zero-order valence-electron chi connectivity index (χ0n) is 14.3. The van der Waals surface area contributed by atoms with E-state index in [0.717, 1.165) is 0 Å². The van der Waals surface area contributed by atoms with Crippen molar-refractivity contribution >= 4 is 39.1 Å². The van der Waals surface area contributed by atoms with Crippen molar-refractivity contribution in [3.05, 3.63) is 58.6 Å². The maximum atomic E-state index is 12.6.